The van der Waals surface area contributed by atoms with Gasteiger partial charge in [0.25, 0.3) is 0 Å². The van der Waals surface area contributed by atoms with Crippen LogP contribution in [0.1, 0.15) is 47.5 Å². The Bertz CT molecular complexity index is 739. The highest BCUT2D eigenvalue weighted by molar-refractivity contribution is 7.68. The molecule has 1 aliphatic rings. The van der Waals surface area contributed by atoms with Gasteiger partial charge in [-0.3, -0.25) is 0 Å². The molecule has 3 rings (SSSR count). The summed E-state index contributed by atoms with van der Waals surface area (Å²) in [4.78, 5) is 4.89. The first kappa shape index (κ1) is 22.0. The maximum absolute atomic E-state index is 7.24. The smallest absolute Gasteiger partial charge is 0.180 e. The molecule has 0 spiro atoms. The van der Waals surface area contributed by atoms with Gasteiger partial charge in [-0.05, 0) is 24.7 Å². The monoisotopic (exact) mass is 411 g/mol. The van der Waals surface area contributed by atoms with Gasteiger partial charge in [-0.15, -0.1) is 0 Å². The predicted octanol–water partition coefficient (Wildman–Crippen LogP) is 5.70. The van der Waals surface area contributed by atoms with Crippen LogP contribution < -0.4 is 10.6 Å². The Labute approximate surface area is 177 Å². The minimum atomic E-state index is -0.955. The van der Waals surface area contributed by atoms with Crippen LogP contribution in [0.4, 0.5) is 0 Å². The van der Waals surface area contributed by atoms with Crippen molar-refractivity contribution in [2.45, 2.75) is 59.1 Å². The lowest BCUT2D eigenvalue weighted by Crippen LogP contribution is -2.47. The maximum Gasteiger partial charge on any atom is 0.180 e. The standard InChI is InChI=1S/C25H34NO2P/c1-19(2)16-25(17-20(3)4,24-18-27-21(5)26-24)28-29(22-12-8-6-9-13-22)23-14-10-7-11-15-23/h6-15,19-20,24H,16-18H2,1-5H3/t24-/m0/s1. The summed E-state index contributed by atoms with van der Waals surface area (Å²) in [6.45, 7) is 11.7. The van der Waals surface area contributed by atoms with Crippen LogP contribution in [-0.2, 0) is 9.26 Å². The van der Waals surface area contributed by atoms with Gasteiger partial charge in [0, 0.05) is 17.5 Å². The lowest BCUT2D eigenvalue weighted by atomic mass is 9.80. The molecule has 0 aromatic heterocycles. The normalized spacial score (nSPS) is 17.1. The molecule has 1 aliphatic heterocycles. The molecule has 3 nitrogen and oxygen atoms in total. The third-order valence-corrected chi connectivity index (χ3v) is 7.24. The van der Waals surface area contributed by atoms with Gasteiger partial charge in [-0.25, -0.2) is 4.99 Å². The maximum atomic E-state index is 7.24. The number of aliphatic imine (C=N–C) groups is 1. The highest BCUT2D eigenvalue weighted by atomic mass is 31.1. The van der Waals surface area contributed by atoms with Gasteiger partial charge in [0.05, 0.1) is 13.7 Å². The van der Waals surface area contributed by atoms with Crippen molar-refractivity contribution >= 4 is 24.7 Å². The molecule has 0 radical (unpaired) electrons. The molecular weight excluding hydrogens is 377 g/mol. The molecule has 29 heavy (non-hydrogen) atoms. The van der Waals surface area contributed by atoms with E-state index in [4.69, 9.17) is 14.3 Å². The van der Waals surface area contributed by atoms with Gasteiger partial charge in [0.2, 0.25) is 0 Å². The minimum absolute atomic E-state index is 0.0322. The van der Waals surface area contributed by atoms with Crippen LogP contribution in [-0.4, -0.2) is 24.1 Å². The Hall–Kier alpha value is -1.70. The minimum Gasteiger partial charge on any atom is -0.479 e. The SMILES string of the molecule is CC1=N[C@H](C(CC(C)C)(CC(C)C)OP(c2ccccc2)c2ccccc2)CO1. The van der Waals surface area contributed by atoms with Crippen LogP contribution >= 0.6 is 8.15 Å². The van der Waals surface area contributed by atoms with Crippen LogP contribution in [0.2, 0.25) is 0 Å². The fourth-order valence-electron chi connectivity index (χ4n) is 4.20. The van der Waals surface area contributed by atoms with Gasteiger partial charge in [0.1, 0.15) is 12.6 Å². The van der Waals surface area contributed by atoms with Crippen molar-refractivity contribution in [3.63, 3.8) is 0 Å². The average molecular weight is 412 g/mol. The second kappa shape index (κ2) is 9.87. The zero-order valence-electron chi connectivity index (χ0n) is 18.3. The van der Waals surface area contributed by atoms with Crippen molar-refractivity contribution in [2.24, 2.45) is 16.8 Å². The van der Waals surface area contributed by atoms with E-state index in [1.165, 1.54) is 10.6 Å². The van der Waals surface area contributed by atoms with E-state index in [2.05, 4.69) is 88.4 Å². The van der Waals surface area contributed by atoms with Gasteiger partial charge >= 0.3 is 0 Å². The predicted molar refractivity (Wildman–Crippen MR) is 125 cm³/mol. The van der Waals surface area contributed by atoms with E-state index < -0.39 is 8.15 Å². The summed E-state index contributed by atoms with van der Waals surface area (Å²) in [5.41, 5.74) is -0.350. The fourth-order valence-corrected chi connectivity index (χ4v) is 6.23. The fraction of sp³-hybridized carbons (Fsp3) is 0.480. The molecule has 156 valence electrons. The summed E-state index contributed by atoms with van der Waals surface area (Å²) in [5, 5.41) is 2.48. The highest BCUT2D eigenvalue weighted by Gasteiger charge is 2.45. The second-order valence-electron chi connectivity index (χ2n) is 8.79. The van der Waals surface area contributed by atoms with Crippen molar-refractivity contribution in [2.75, 3.05) is 6.61 Å². The first-order valence-corrected chi connectivity index (χ1v) is 11.9. The number of hydrogen-bond donors (Lipinski definition) is 0. The Morgan fingerprint density at radius 1 is 0.931 bits per heavy atom. The van der Waals surface area contributed by atoms with Gasteiger partial charge < -0.3 is 9.26 Å². The van der Waals surface area contributed by atoms with Crippen molar-refractivity contribution in [1.82, 2.24) is 0 Å². The Morgan fingerprint density at radius 2 is 1.41 bits per heavy atom. The first-order chi connectivity index (χ1) is 13.9. The average Bonchev–Trinajstić information content (AvgIpc) is 3.13. The molecule has 1 atom stereocenters. The van der Waals surface area contributed by atoms with E-state index in [9.17, 15) is 0 Å². The quantitative estimate of drug-likeness (QED) is 0.496. The highest BCUT2D eigenvalue weighted by Crippen LogP contribution is 2.47. The van der Waals surface area contributed by atoms with Crippen LogP contribution in [0, 0.1) is 11.8 Å². The summed E-state index contributed by atoms with van der Waals surface area (Å²) in [6, 6.07) is 21.3. The molecule has 0 unspecified atom stereocenters. The summed E-state index contributed by atoms with van der Waals surface area (Å²) >= 11 is 0. The first-order valence-electron chi connectivity index (χ1n) is 10.7. The molecule has 0 saturated carbocycles. The van der Waals surface area contributed by atoms with Gasteiger partial charge in [-0.2, -0.15) is 0 Å². The largest absolute Gasteiger partial charge is 0.479 e. The van der Waals surface area contributed by atoms with Crippen LogP contribution in [0.25, 0.3) is 0 Å². The topological polar surface area (TPSA) is 30.8 Å². The summed E-state index contributed by atoms with van der Waals surface area (Å²) in [7, 11) is -0.955. The summed E-state index contributed by atoms with van der Waals surface area (Å²) in [5.74, 6) is 1.79. The van der Waals surface area contributed by atoms with E-state index in [0.29, 0.717) is 18.4 Å². The van der Waals surface area contributed by atoms with E-state index in [-0.39, 0.29) is 11.6 Å². The number of rotatable bonds is 9. The van der Waals surface area contributed by atoms with E-state index in [0.717, 1.165) is 18.7 Å². The summed E-state index contributed by atoms with van der Waals surface area (Å²) < 4.78 is 13.0. The third-order valence-electron chi connectivity index (χ3n) is 5.16. The molecule has 0 bridgehead atoms. The van der Waals surface area contributed by atoms with E-state index in [1.54, 1.807) is 0 Å². The number of benzene rings is 2. The van der Waals surface area contributed by atoms with Crippen LogP contribution in [0.3, 0.4) is 0 Å². The molecule has 2 aromatic rings. The molecular formula is C25H34NO2P. The Kier molecular flexibility index (Phi) is 7.49. The Balaban J connectivity index is 2.06. The van der Waals surface area contributed by atoms with Gasteiger partial charge in [0.15, 0.2) is 5.90 Å². The molecule has 0 fully saturated rings. The molecule has 0 saturated heterocycles. The number of hydrogen-bond acceptors (Lipinski definition) is 3. The second-order valence-corrected chi connectivity index (χ2v) is 10.6. The molecule has 2 aromatic carbocycles. The van der Waals surface area contributed by atoms with E-state index >= 15 is 0 Å². The third kappa shape index (κ3) is 5.68. The molecule has 0 N–H and O–H groups in total. The van der Waals surface area contributed by atoms with Crippen molar-refractivity contribution in [1.29, 1.82) is 0 Å². The van der Waals surface area contributed by atoms with Crippen LogP contribution in [0.5, 0.6) is 0 Å². The van der Waals surface area contributed by atoms with Gasteiger partial charge in [-0.1, -0.05) is 88.4 Å². The zero-order chi connectivity index (χ0) is 20.9. The van der Waals surface area contributed by atoms with Crippen molar-refractivity contribution < 1.29 is 9.26 Å². The lowest BCUT2D eigenvalue weighted by molar-refractivity contribution is 0.00889. The number of ether oxygens (including phenoxy) is 1. The Morgan fingerprint density at radius 3 is 1.79 bits per heavy atom. The molecule has 0 amide bonds. The molecule has 0 aliphatic carbocycles. The van der Waals surface area contributed by atoms with E-state index in [1.807, 2.05) is 6.92 Å². The van der Waals surface area contributed by atoms with Crippen LogP contribution in [0.15, 0.2) is 65.7 Å². The zero-order valence-corrected chi connectivity index (χ0v) is 19.2. The van der Waals surface area contributed by atoms with Crippen molar-refractivity contribution in [3.8, 4) is 0 Å². The molecule has 1 heterocycles. The lowest BCUT2D eigenvalue weighted by Gasteiger charge is -2.42. The number of nitrogens with zero attached hydrogens (tertiary/aromatic N) is 1. The summed E-state index contributed by atoms with van der Waals surface area (Å²) in [6.07, 6.45) is 1.93. The van der Waals surface area contributed by atoms with Crippen molar-refractivity contribution in [3.05, 3.63) is 60.7 Å². The molecule has 4 heteroatoms.